The number of halogens is 1. The van der Waals surface area contributed by atoms with E-state index in [1.54, 1.807) is 0 Å². The van der Waals surface area contributed by atoms with Crippen LogP contribution in [0.1, 0.15) is 34.9 Å². The second-order valence-electron chi connectivity index (χ2n) is 4.78. The molecule has 1 atom stereocenters. The smallest absolute Gasteiger partial charge is 0.0721 e. The van der Waals surface area contributed by atoms with Crippen molar-refractivity contribution in [3.05, 3.63) is 51.8 Å². The molecule has 1 aliphatic rings. The average molecular weight is 260 g/mol. The van der Waals surface area contributed by atoms with E-state index in [1.807, 2.05) is 31.2 Å². The second-order valence-corrected chi connectivity index (χ2v) is 5.18. The lowest BCUT2D eigenvalue weighted by molar-refractivity contribution is 0.679. The largest absolute Gasteiger partial charge is 0.305 e. The molecule has 0 aliphatic heterocycles. The Morgan fingerprint density at radius 1 is 1.33 bits per heavy atom. The predicted octanol–water partition coefficient (Wildman–Crippen LogP) is 3.47. The first-order valence-corrected chi connectivity index (χ1v) is 6.40. The number of fused-ring (bicyclic) bond motifs is 1. The SMILES string of the molecule is Cc1[nH]nc2c1C(=N)CC(c1ccccc1Cl)C2. The highest BCUT2D eigenvalue weighted by molar-refractivity contribution is 6.31. The lowest BCUT2D eigenvalue weighted by Crippen LogP contribution is -2.19. The van der Waals surface area contributed by atoms with E-state index < -0.39 is 0 Å². The highest BCUT2D eigenvalue weighted by atomic mass is 35.5. The average Bonchev–Trinajstić information content (AvgIpc) is 2.72. The van der Waals surface area contributed by atoms with Crippen molar-refractivity contribution >= 4 is 17.3 Å². The number of hydrogen-bond acceptors (Lipinski definition) is 2. The fourth-order valence-electron chi connectivity index (χ4n) is 2.71. The van der Waals surface area contributed by atoms with Gasteiger partial charge in [-0.2, -0.15) is 5.10 Å². The molecule has 3 rings (SSSR count). The molecular weight excluding hydrogens is 246 g/mol. The minimum absolute atomic E-state index is 0.265. The molecule has 4 heteroatoms. The van der Waals surface area contributed by atoms with Crippen LogP contribution in [0.3, 0.4) is 0 Å². The summed E-state index contributed by atoms with van der Waals surface area (Å²) in [7, 11) is 0. The third kappa shape index (κ3) is 1.75. The highest BCUT2D eigenvalue weighted by Crippen LogP contribution is 2.35. The van der Waals surface area contributed by atoms with E-state index in [4.69, 9.17) is 17.0 Å². The Morgan fingerprint density at radius 2 is 2.11 bits per heavy atom. The lowest BCUT2D eigenvalue weighted by atomic mass is 9.81. The maximum Gasteiger partial charge on any atom is 0.0721 e. The number of aromatic amines is 1. The Kier molecular flexibility index (Phi) is 2.71. The third-order valence-electron chi connectivity index (χ3n) is 3.56. The Morgan fingerprint density at radius 3 is 2.89 bits per heavy atom. The van der Waals surface area contributed by atoms with Gasteiger partial charge in [-0.1, -0.05) is 29.8 Å². The molecule has 1 aliphatic carbocycles. The number of nitrogens with one attached hydrogen (secondary N) is 2. The number of aromatic nitrogens is 2. The van der Waals surface area contributed by atoms with Crippen LogP contribution in [0, 0.1) is 12.3 Å². The molecule has 1 aromatic heterocycles. The minimum Gasteiger partial charge on any atom is -0.305 e. The first kappa shape index (κ1) is 11.5. The van der Waals surface area contributed by atoms with Crippen molar-refractivity contribution in [2.75, 3.05) is 0 Å². The van der Waals surface area contributed by atoms with Gasteiger partial charge < -0.3 is 5.41 Å². The number of rotatable bonds is 1. The fourth-order valence-corrected chi connectivity index (χ4v) is 3.00. The molecule has 1 heterocycles. The van der Waals surface area contributed by atoms with Gasteiger partial charge in [0.15, 0.2) is 0 Å². The van der Waals surface area contributed by atoms with Crippen molar-refractivity contribution < 1.29 is 0 Å². The van der Waals surface area contributed by atoms with Crippen LogP contribution in [0.15, 0.2) is 24.3 Å². The van der Waals surface area contributed by atoms with E-state index in [-0.39, 0.29) is 5.92 Å². The summed E-state index contributed by atoms with van der Waals surface area (Å²) in [4.78, 5) is 0. The molecule has 0 saturated heterocycles. The van der Waals surface area contributed by atoms with Gasteiger partial charge in [0.2, 0.25) is 0 Å². The Labute approximate surface area is 111 Å². The summed E-state index contributed by atoms with van der Waals surface area (Å²) in [5.41, 5.74) is 4.77. The summed E-state index contributed by atoms with van der Waals surface area (Å²) in [6.45, 7) is 1.97. The maximum absolute atomic E-state index is 8.18. The van der Waals surface area contributed by atoms with Gasteiger partial charge in [0, 0.05) is 22.0 Å². The molecule has 1 aromatic carbocycles. The van der Waals surface area contributed by atoms with Crippen molar-refractivity contribution in [2.45, 2.75) is 25.7 Å². The molecular formula is C14H14ClN3. The molecule has 0 saturated carbocycles. The number of hydrogen-bond donors (Lipinski definition) is 2. The van der Waals surface area contributed by atoms with Gasteiger partial charge in [-0.25, -0.2) is 0 Å². The molecule has 92 valence electrons. The van der Waals surface area contributed by atoms with Gasteiger partial charge >= 0.3 is 0 Å². The molecule has 1 unspecified atom stereocenters. The quantitative estimate of drug-likeness (QED) is 0.810. The van der Waals surface area contributed by atoms with Crippen molar-refractivity contribution in [2.24, 2.45) is 0 Å². The molecule has 0 radical (unpaired) electrons. The van der Waals surface area contributed by atoms with E-state index in [0.29, 0.717) is 5.71 Å². The normalized spacial score (nSPS) is 18.8. The van der Waals surface area contributed by atoms with Crippen LogP contribution in [-0.2, 0) is 6.42 Å². The zero-order chi connectivity index (χ0) is 12.7. The number of benzene rings is 1. The van der Waals surface area contributed by atoms with Crippen LogP contribution in [0.5, 0.6) is 0 Å². The van der Waals surface area contributed by atoms with Crippen molar-refractivity contribution in [3.63, 3.8) is 0 Å². The molecule has 18 heavy (non-hydrogen) atoms. The zero-order valence-corrected chi connectivity index (χ0v) is 10.9. The summed E-state index contributed by atoms with van der Waals surface area (Å²) in [6, 6.07) is 7.89. The topological polar surface area (TPSA) is 52.5 Å². The van der Waals surface area contributed by atoms with E-state index >= 15 is 0 Å². The van der Waals surface area contributed by atoms with Gasteiger partial charge in [-0.15, -0.1) is 0 Å². The van der Waals surface area contributed by atoms with Crippen LogP contribution < -0.4 is 0 Å². The molecule has 2 N–H and O–H groups in total. The molecule has 3 nitrogen and oxygen atoms in total. The van der Waals surface area contributed by atoms with Crippen LogP contribution in [0.25, 0.3) is 0 Å². The van der Waals surface area contributed by atoms with Gasteiger partial charge in [0.05, 0.1) is 5.69 Å². The fraction of sp³-hybridized carbons (Fsp3) is 0.286. The van der Waals surface area contributed by atoms with Gasteiger partial charge in [0.1, 0.15) is 0 Å². The Bertz CT molecular complexity index is 615. The molecule has 0 bridgehead atoms. The van der Waals surface area contributed by atoms with Crippen LogP contribution in [0.2, 0.25) is 5.02 Å². The second kappa shape index (κ2) is 4.25. The molecule has 2 aromatic rings. The van der Waals surface area contributed by atoms with Gasteiger partial charge in [-0.05, 0) is 37.3 Å². The first-order chi connectivity index (χ1) is 8.66. The van der Waals surface area contributed by atoms with Crippen molar-refractivity contribution in [1.29, 1.82) is 5.41 Å². The summed E-state index contributed by atoms with van der Waals surface area (Å²) in [5.74, 6) is 0.265. The van der Waals surface area contributed by atoms with Crippen molar-refractivity contribution in [1.82, 2.24) is 10.2 Å². The number of H-pyrrole nitrogens is 1. The monoisotopic (exact) mass is 259 g/mol. The van der Waals surface area contributed by atoms with E-state index in [9.17, 15) is 0 Å². The number of aryl methyl sites for hydroxylation is 1. The highest BCUT2D eigenvalue weighted by Gasteiger charge is 2.28. The van der Waals surface area contributed by atoms with Crippen LogP contribution in [-0.4, -0.2) is 15.9 Å². The Balaban J connectivity index is 2.00. The van der Waals surface area contributed by atoms with E-state index in [0.717, 1.165) is 40.4 Å². The first-order valence-electron chi connectivity index (χ1n) is 6.03. The zero-order valence-electron chi connectivity index (χ0n) is 10.1. The maximum atomic E-state index is 8.18. The third-order valence-corrected chi connectivity index (χ3v) is 3.90. The van der Waals surface area contributed by atoms with E-state index in [1.165, 1.54) is 0 Å². The molecule has 0 amide bonds. The van der Waals surface area contributed by atoms with Gasteiger partial charge in [0.25, 0.3) is 0 Å². The standard InChI is InChI=1S/C14H14ClN3/c1-8-14-12(16)6-9(7-13(14)18-17-8)10-4-2-3-5-11(10)15/h2-5,9,16H,6-7H2,1H3,(H,17,18). The summed E-state index contributed by atoms with van der Waals surface area (Å²) < 4.78 is 0. The summed E-state index contributed by atoms with van der Waals surface area (Å²) in [5, 5.41) is 16.2. The van der Waals surface area contributed by atoms with Crippen LogP contribution >= 0.6 is 11.6 Å². The minimum atomic E-state index is 0.265. The number of nitrogens with zero attached hydrogens (tertiary/aromatic N) is 1. The Hall–Kier alpha value is -1.61. The van der Waals surface area contributed by atoms with Gasteiger partial charge in [-0.3, -0.25) is 5.10 Å². The lowest BCUT2D eigenvalue weighted by Gasteiger charge is -2.23. The molecule has 0 spiro atoms. The molecule has 0 fully saturated rings. The summed E-state index contributed by atoms with van der Waals surface area (Å²) >= 11 is 6.24. The van der Waals surface area contributed by atoms with E-state index in [2.05, 4.69) is 10.2 Å². The summed E-state index contributed by atoms with van der Waals surface area (Å²) in [6.07, 6.45) is 1.59. The predicted molar refractivity (Wildman–Crippen MR) is 72.7 cm³/mol. The van der Waals surface area contributed by atoms with Crippen molar-refractivity contribution in [3.8, 4) is 0 Å². The van der Waals surface area contributed by atoms with Crippen LogP contribution in [0.4, 0.5) is 0 Å².